The van der Waals surface area contributed by atoms with Gasteiger partial charge in [0.15, 0.2) is 0 Å². The van der Waals surface area contributed by atoms with Crippen LogP contribution in [0.4, 0.5) is 0 Å². The van der Waals surface area contributed by atoms with Gasteiger partial charge < -0.3 is 9.87 Å². The van der Waals surface area contributed by atoms with Crippen molar-refractivity contribution in [2.75, 3.05) is 0 Å². The maximum absolute atomic E-state index is 10.3. The second kappa shape index (κ2) is 4.27. The Balaban J connectivity index is 0.000001000. The predicted molar refractivity (Wildman–Crippen MR) is 34.9 cm³/mol. The van der Waals surface area contributed by atoms with Crippen LogP contribution >= 0.6 is 0 Å². The van der Waals surface area contributed by atoms with Crippen LogP contribution in [-0.2, 0) is 10.1 Å². The Morgan fingerprint density at radius 2 is 2.00 bits per heavy atom. The van der Waals surface area contributed by atoms with E-state index in [0.717, 1.165) is 0 Å². The Hall–Kier alpha value is 0.190. The molecule has 11 heavy (non-hydrogen) atoms. The summed E-state index contributed by atoms with van der Waals surface area (Å²) < 4.78 is 30.8. The van der Waals surface area contributed by atoms with Crippen LogP contribution in [0.15, 0.2) is 24.4 Å². The molecule has 1 unspecified atom stereocenters. The summed E-state index contributed by atoms with van der Waals surface area (Å²) in [6.45, 7) is 0. The molecule has 1 N–H and O–H groups in total. The Kier molecular flexibility index (Phi) is 4.35. The molecule has 1 aliphatic rings. The zero-order chi connectivity index (χ0) is 7.61. The third-order valence-corrected chi connectivity index (χ3v) is 1.98. The van der Waals surface area contributed by atoms with Crippen LogP contribution in [0.5, 0.6) is 0 Å². The van der Waals surface area contributed by atoms with Crippen molar-refractivity contribution < 1.29 is 42.5 Å². The second-order valence-corrected chi connectivity index (χ2v) is 3.32. The third kappa shape index (κ3) is 3.39. The van der Waals surface area contributed by atoms with E-state index in [9.17, 15) is 13.0 Å². The molecular weight excluding hydrogens is 177 g/mol. The number of hydrogen-bond acceptors (Lipinski definition) is 4. The maximum Gasteiger partial charge on any atom is 1.00 e. The fourth-order valence-corrected chi connectivity index (χ4v) is 1.13. The van der Waals surface area contributed by atoms with E-state index in [0.29, 0.717) is 0 Å². The van der Waals surface area contributed by atoms with Gasteiger partial charge in [0.2, 0.25) is 0 Å². The van der Waals surface area contributed by atoms with Gasteiger partial charge >= 0.3 is 29.6 Å². The van der Waals surface area contributed by atoms with E-state index in [-0.39, 0.29) is 29.6 Å². The van der Waals surface area contributed by atoms with Gasteiger partial charge in [-0.15, -0.1) is 0 Å². The summed E-state index contributed by atoms with van der Waals surface area (Å²) in [6.07, 6.45) is 5.83. The second-order valence-electron chi connectivity index (χ2n) is 1.82. The Labute approximate surface area is 87.4 Å². The van der Waals surface area contributed by atoms with Gasteiger partial charge in [0.1, 0.15) is 15.5 Å². The molecule has 0 radical (unpaired) electrons. The van der Waals surface area contributed by atoms with E-state index < -0.39 is 15.5 Å². The molecule has 0 aliphatic carbocycles. The van der Waals surface area contributed by atoms with Crippen LogP contribution in [0.25, 0.3) is 0 Å². The van der Waals surface area contributed by atoms with Crippen LogP contribution in [0.3, 0.4) is 0 Å². The first-order valence-electron chi connectivity index (χ1n) is 2.65. The number of dihydropyridines is 1. The van der Waals surface area contributed by atoms with E-state index >= 15 is 0 Å². The van der Waals surface area contributed by atoms with Crippen LogP contribution in [-0.4, -0.2) is 18.3 Å². The van der Waals surface area contributed by atoms with Crippen LogP contribution in [0.1, 0.15) is 0 Å². The molecule has 0 aromatic carbocycles. The normalized spacial score (nSPS) is 22.1. The molecule has 56 valence electrons. The van der Waals surface area contributed by atoms with Crippen LogP contribution in [0, 0.1) is 0 Å². The van der Waals surface area contributed by atoms with E-state index in [1.807, 2.05) is 0 Å². The molecule has 0 fully saturated rings. The molecule has 0 saturated heterocycles. The minimum Gasteiger partial charge on any atom is -0.746 e. The van der Waals surface area contributed by atoms with Gasteiger partial charge in [-0.3, -0.25) is 0 Å². The number of nitrogens with one attached hydrogen (secondary N) is 1. The maximum atomic E-state index is 10.3. The minimum atomic E-state index is -4.23. The summed E-state index contributed by atoms with van der Waals surface area (Å²) in [5, 5.41) is 1.29. The third-order valence-electron chi connectivity index (χ3n) is 1.06. The monoisotopic (exact) mass is 183 g/mol. The molecular formula is C5H6NNaO3S. The minimum absolute atomic E-state index is 0. The molecule has 4 nitrogen and oxygen atoms in total. The number of allylic oxidation sites excluding steroid dienone is 2. The average molecular weight is 183 g/mol. The molecule has 0 amide bonds. The summed E-state index contributed by atoms with van der Waals surface area (Å²) >= 11 is 0. The quantitative estimate of drug-likeness (QED) is 0.339. The Morgan fingerprint density at radius 3 is 2.27 bits per heavy atom. The zero-order valence-electron chi connectivity index (χ0n) is 6.02. The van der Waals surface area contributed by atoms with Gasteiger partial charge in [-0.05, 0) is 18.4 Å². The Bertz CT molecular complexity index is 269. The molecule has 1 atom stereocenters. The van der Waals surface area contributed by atoms with Crippen molar-refractivity contribution in [3.05, 3.63) is 24.4 Å². The van der Waals surface area contributed by atoms with Crippen molar-refractivity contribution in [2.45, 2.75) is 5.37 Å². The molecule has 0 bridgehead atoms. The van der Waals surface area contributed by atoms with E-state index in [2.05, 4.69) is 5.32 Å². The molecule has 6 heteroatoms. The van der Waals surface area contributed by atoms with Crippen molar-refractivity contribution in [1.29, 1.82) is 0 Å². The van der Waals surface area contributed by atoms with Crippen molar-refractivity contribution in [3.63, 3.8) is 0 Å². The smallest absolute Gasteiger partial charge is 0.746 e. The molecule has 0 aromatic rings. The van der Waals surface area contributed by atoms with Gasteiger partial charge in [0, 0.05) is 0 Å². The average Bonchev–Trinajstić information content (AvgIpc) is 1.88. The summed E-state index contributed by atoms with van der Waals surface area (Å²) in [5.41, 5.74) is 0. The van der Waals surface area contributed by atoms with Gasteiger partial charge in [0.25, 0.3) is 0 Å². The fraction of sp³-hybridized carbons (Fsp3) is 0.200. The zero-order valence-corrected chi connectivity index (χ0v) is 8.84. The van der Waals surface area contributed by atoms with E-state index in [1.54, 1.807) is 6.08 Å². The first kappa shape index (κ1) is 11.2. The predicted octanol–water partition coefficient (Wildman–Crippen LogP) is -3.47. The van der Waals surface area contributed by atoms with Gasteiger partial charge in [0.05, 0.1) is 0 Å². The molecule has 1 heterocycles. The molecule has 0 aromatic heterocycles. The van der Waals surface area contributed by atoms with Gasteiger partial charge in [-0.2, -0.15) is 0 Å². The first-order valence-corrected chi connectivity index (χ1v) is 4.12. The van der Waals surface area contributed by atoms with Crippen molar-refractivity contribution in [3.8, 4) is 0 Å². The molecule has 1 aliphatic heterocycles. The van der Waals surface area contributed by atoms with Gasteiger partial charge in [-0.25, -0.2) is 8.42 Å². The Morgan fingerprint density at radius 1 is 1.36 bits per heavy atom. The largest absolute Gasteiger partial charge is 1.00 e. The van der Waals surface area contributed by atoms with Crippen LogP contribution in [0.2, 0.25) is 0 Å². The standard InChI is InChI=1S/C5H7NO3S.Na/c7-10(8,9)5-3-1-2-4-6-5;/h1-6H,(H,7,8,9);/q;+1/p-1. The van der Waals surface area contributed by atoms with Gasteiger partial charge in [-0.1, -0.05) is 6.08 Å². The van der Waals surface area contributed by atoms with E-state index in [4.69, 9.17) is 0 Å². The molecule has 0 spiro atoms. The van der Waals surface area contributed by atoms with Crippen molar-refractivity contribution >= 4 is 10.1 Å². The molecule has 1 rings (SSSR count). The number of rotatable bonds is 1. The summed E-state index contributed by atoms with van der Waals surface area (Å²) in [4.78, 5) is 0. The van der Waals surface area contributed by atoms with Crippen molar-refractivity contribution in [2.24, 2.45) is 0 Å². The molecule has 0 saturated carbocycles. The first-order chi connectivity index (χ1) is 4.61. The topological polar surface area (TPSA) is 69.2 Å². The van der Waals surface area contributed by atoms with Crippen LogP contribution < -0.4 is 34.9 Å². The SMILES string of the molecule is O=S(=O)([O-])C1C=CC=CN1.[Na+]. The van der Waals surface area contributed by atoms with E-state index in [1.165, 1.54) is 18.4 Å². The summed E-state index contributed by atoms with van der Waals surface area (Å²) in [5.74, 6) is 0. The summed E-state index contributed by atoms with van der Waals surface area (Å²) in [7, 11) is -4.23. The summed E-state index contributed by atoms with van der Waals surface area (Å²) in [6, 6.07) is 0. The fourth-order valence-electron chi connectivity index (χ4n) is 0.606. The van der Waals surface area contributed by atoms with Crippen molar-refractivity contribution in [1.82, 2.24) is 5.32 Å². The number of hydrogen-bond donors (Lipinski definition) is 1.